The van der Waals surface area contributed by atoms with E-state index in [-0.39, 0.29) is 0 Å². The minimum Gasteiger partial charge on any atom is -0.309 e. The van der Waals surface area contributed by atoms with Crippen molar-refractivity contribution < 1.29 is 0 Å². The molecule has 4 nitrogen and oxygen atoms in total. The fourth-order valence-corrected chi connectivity index (χ4v) is 9.95. The van der Waals surface area contributed by atoms with Crippen LogP contribution in [0, 0.1) is 0 Å². The van der Waals surface area contributed by atoms with E-state index in [2.05, 4.69) is 225 Å². The van der Waals surface area contributed by atoms with Gasteiger partial charge in [-0.15, -0.1) is 0 Å². The Hall–Kier alpha value is -7.82. The fraction of sp³-hybridized carbons (Fsp3) is 0. The van der Waals surface area contributed by atoms with Crippen LogP contribution in [0.5, 0.6) is 0 Å². The molecule has 0 aliphatic carbocycles. The highest BCUT2D eigenvalue weighted by atomic mass is 15.0. The summed E-state index contributed by atoms with van der Waals surface area (Å²) in [5.74, 6) is 0. The first-order valence-electron chi connectivity index (χ1n) is 20.0. The van der Waals surface area contributed by atoms with Gasteiger partial charge in [0.15, 0.2) is 0 Å². The van der Waals surface area contributed by atoms with Crippen molar-refractivity contribution in [3.05, 3.63) is 206 Å². The van der Waals surface area contributed by atoms with Crippen molar-refractivity contribution in [3.63, 3.8) is 0 Å². The number of nitrogens with zero attached hydrogens (tertiary/aromatic N) is 4. The van der Waals surface area contributed by atoms with Crippen LogP contribution in [0.1, 0.15) is 0 Å². The van der Waals surface area contributed by atoms with Crippen molar-refractivity contribution >= 4 is 87.2 Å². The van der Waals surface area contributed by atoms with Gasteiger partial charge in [-0.2, -0.15) is 0 Å². The van der Waals surface area contributed by atoms with E-state index in [9.17, 15) is 0 Å². The van der Waals surface area contributed by atoms with Crippen molar-refractivity contribution in [1.82, 2.24) is 18.3 Å². The Kier molecular flexibility index (Phi) is 6.41. The molecule has 270 valence electrons. The van der Waals surface area contributed by atoms with Crippen molar-refractivity contribution in [2.24, 2.45) is 0 Å². The molecule has 0 fully saturated rings. The summed E-state index contributed by atoms with van der Waals surface area (Å²) in [5, 5.41) is 9.95. The van der Waals surface area contributed by atoms with Gasteiger partial charge in [0, 0.05) is 65.8 Å². The molecule has 0 amide bonds. The Morgan fingerprint density at radius 1 is 0.207 bits per heavy atom. The second-order valence-electron chi connectivity index (χ2n) is 15.3. The summed E-state index contributed by atoms with van der Waals surface area (Å²) < 4.78 is 9.79. The molecule has 4 heterocycles. The number of benzene rings is 9. The highest BCUT2D eigenvalue weighted by Crippen LogP contribution is 2.44. The van der Waals surface area contributed by atoms with E-state index >= 15 is 0 Å². The number of hydrogen-bond donors (Lipinski definition) is 0. The van der Waals surface area contributed by atoms with Crippen LogP contribution >= 0.6 is 0 Å². The van der Waals surface area contributed by atoms with Crippen LogP contribution in [0.4, 0.5) is 0 Å². The third-order valence-electron chi connectivity index (χ3n) is 12.3. The van der Waals surface area contributed by atoms with Crippen LogP contribution in [-0.4, -0.2) is 18.3 Å². The molecule has 0 saturated carbocycles. The van der Waals surface area contributed by atoms with Gasteiger partial charge in [0.05, 0.1) is 44.1 Å². The zero-order valence-corrected chi connectivity index (χ0v) is 31.4. The van der Waals surface area contributed by atoms with Crippen molar-refractivity contribution in [3.8, 4) is 22.7 Å². The molecule has 0 N–H and O–H groups in total. The Morgan fingerprint density at radius 3 is 1.21 bits per heavy atom. The minimum absolute atomic E-state index is 1.14. The first kappa shape index (κ1) is 31.4. The topological polar surface area (TPSA) is 19.7 Å². The number of rotatable bonds is 4. The molecule has 0 radical (unpaired) electrons. The van der Waals surface area contributed by atoms with E-state index in [0.717, 1.165) is 22.7 Å². The summed E-state index contributed by atoms with van der Waals surface area (Å²) in [6, 6.07) is 75.4. The van der Waals surface area contributed by atoms with Gasteiger partial charge >= 0.3 is 0 Å². The van der Waals surface area contributed by atoms with Crippen LogP contribution in [0.3, 0.4) is 0 Å². The van der Waals surface area contributed by atoms with E-state index in [1.54, 1.807) is 0 Å². The van der Waals surface area contributed by atoms with E-state index in [0.29, 0.717) is 0 Å². The first-order chi connectivity index (χ1) is 28.8. The summed E-state index contributed by atoms with van der Waals surface area (Å²) in [4.78, 5) is 0. The lowest BCUT2D eigenvalue weighted by Gasteiger charge is -2.11. The molecule has 9 aromatic carbocycles. The van der Waals surface area contributed by atoms with Crippen molar-refractivity contribution in [1.29, 1.82) is 0 Å². The fourth-order valence-electron chi connectivity index (χ4n) is 9.95. The molecule has 58 heavy (non-hydrogen) atoms. The Morgan fingerprint density at radius 2 is 0.603 bits per heavy atom. The van der Waals surface area contributed by atoms with E-state index in [4.69, 9.17) is 0 Å². The smallest absolute Gasteiger partial charge is 0.0641 e. The highest BCUT2D eigenvalue weighted by molar-refractivity contribution is 6.26. The van der Waals surface area contributed by atoms with E-state index < -0.39 is 0 Å². The number of hydrogen-bond acceptors (Lipinski definition) is 0. The SMILES string of the molecule is c1ccc(-n2c3ccccc3c3cc4c(cc32)c2cc(-n3c5ccccc5c5c3ccc3c6ccccc6n(-c6ccccc6)c35)ccc2n4-c2ccccc2)cc1. The third kappa shape index (κ3) is 4.23. The molecular weight excluding hydrogens is 705 g/mol. The molecule has 0 saturated heterocycles. The Bertz CT molecular complexity index is 3770. The normalized spacial score (nSPS) is 12.1. The average Bonchev–Trinajstić information content (AvgIpc) is 4.01. The molecule has 0 spiro atoms. The van der Waals surface area contributed by atoms with Crippen molar-refractivity contribution in [2.45, 2.75) is 0 Å². The van der Waals surface area contributed by atoms with Gasteiger partial charge in [0.2, 0.25) is 0 Å². The molecular formula is C54H34N4. The third-order valence-corrected chi connectivity index (χ3v) is 12.3. The number of para-hydroxylation sites is 6. The molecule has 4 heteroatoms. The predicted molar refractivity (Wildman–Crippen MR) is 244 cm³/mol. The van der Waals surface area contributed by atoms with Gasteiger partial charge in [-0.25, -0.2) is 0 Å². The molecule has 0 aliphatic heterocycles. The molecule has 13 aromatic rings. The maximum absolute atomic E-state index is 2.47. The first-order valence-corrected chi connectivity index (χ1v) is 20.0. The average molecular weight is 739 g/mol. The van der Waals surface area contributed by atoms with Crippen LogP contribution in [0.2, 0.25) is 0 Å². The molecule has 0 atom stereocenters. The van der Waals surface area contributed by atoms with Crippen LogP contribution < -0.4 is 0 Å². The molecule has 0 bridgehead atoms. The van der Waals surface area contributed by atoms with Gasteiger partial charge < -0.3 is 18.3 Å². The summed E-state index contributed by atoms with van der Waals surface area (Å²) in [7, 11) is 0. The highest BCUT2D eigenvalue weighted by Gasteiger charge is 2.23. The van der Waals surface area contributed by atoms with Gasteiger partial charge in [-0.1, -0.05) is 115 Å². The summed E-state index contributed by atoms with van der Waals surface area (Å²) >= 11 is 0. The molecule has 0 aliphatic rings. The zero-order valence-electron chi connectivity index (χ0n) is 31.4. The quantitative estimate of drug-likeness (QED) is 0.171. The lowest BCUT2D eigenvalue weighted by Crippen LogP contribution is -1.96. The molecule has 13 rings (SSSR count). The van der Waals surface area contributed by atoms with E-state index in [1.165, 1.54) is 87.2 Å². The second kappa shape index (κ2) is 11.8. The van der Waals surface area contributed by atoms with Crippen LogP contribution in [-0.2, 0) is 0 Å². The monoisotopic (exact) mass is 738 g/mol. The largest absolute Gasteiger partial charge is 0.309 e. The molecule has 0 unspecified atom stereocenters. The molecule has 4 aromatic heterocycles. The van der Waals surface area contributed by atoms with E-state index in [1.807, 2.05) is 0 Å². The summed E-state index contributed by atoms with van der Waals surface area (Å²) in [6.45, 7) is 0. The predicted octanol–water partition coefficient (Wildman–Crippen LogP) is 14.1. The number of aromatic nitrogens is 4. The summed E-state index contributed by atoms with van der Waals surface area (Å²) in [6.07, 6.45) is 0. The zero-order chi connectivity index (χ0) is 37.9. The Balaban J connectivity index is 1.15. The summed E-state index contributed by atoms with van der Waals surface area (Å²) in [5.41, 5.74) is 14.2. The lowest BCUT2D eigenvalue weighted by atomic mass is 10.1. The standard InChI is InChI=1S/C54H34N4/c1-4-16-35(17-5-1)55-46-25-13-11-23-40(46)44-33-52-45(34-51(44)55)43-32-38(28-30-49(43)56(52)36-18-6-2-7-19-36)57-48-27-15-12-24-42(48)53-50(57)31-29-41-39-22-10-14-26-47(39)58(54(41)53)37-20-8-3-9-21-37/h1-34H. The lowest BCUT2D eigenvalue weighted by molar-refractivity contribution is 1.16. The second-order valence-corrected chi connectivity index (χ2v) is 15.3. The maximum Gasteiger partial charge on any atom is 0.0641 e. The van der Waals surface area contributed by atoms with Crippen molar-refractivity contribution in [2.75, 3.05) is 0 Å². The minimum atomic E-state index is 1.14. The Labute approximate surface area is 333 Å². The van der Waals surface area contributed by atoms with Gasteiger partial charge in [0.1, 0.15) is 0 Å². The van der Waals surface area contributed by atoms with Crippen LogP contribution in [0.25, 0.3) is 110 Å². The van der Waals surface area contributed by atoms with Gasteiger partial charge in [-0.3, -0.25) is 0 Å². The van der Waals surface area contributed by atoms with Gasteiger partial charge in [0.25, 0.3) is 0 Å². The number of fused-ring (bicyclic) bond motifs is 13. The van der Waals surface area contributed by atoms with Gasteiger partial charge in [-0.05, 0) is 91.0 Å². The maximum atomic E-state index is 2.47. The van der Waals surface area contributed by atoms with Crippen LogP contribution in [0.15, 0.2) is 206 Å².